The van der Waals surface area contributed by atoms with Crippen LogP contribution in [0.15, 0.2) is 14.4 Å². The van der Waals surface area contributed by atoms with E-state index in [1.165, 1.54) is 0 Å². The van der Waals surface area contributed by atoms with Gasteiger partial charge in [-0.2, -0.15) is 0 Å². The van der Waals surface area contributed by atoms with Crippen molar-refractivity contribution in [1.29, 1.82) is 0 Å². The summed E-state index contributed by atoms with van der Waals surface area (Å²) in [5, 5.41) is 0. The van der Waals surface area contributed by atoms with Gasteiger partial charge in [-0.1, -0.05) is 0 Å². The van der Waals surface area contributed by atoms with Crippen LogP contribution < -0.4 is 16.9 Å². The molecule has 0 fully saturated rings. The number of rotatable bonds is 0. The number of hydrogen-bond donors (Lipinski definition) is 4. The molecule has 0 aromatic carbocycles. The summed E-state index contributed by atoms with van der Waals surface area (Å²) >= 11 is 0. The van der Waals surface area contributed by atoms with E-state index in [9.17, 15) is 14.4 Å². The van der Waals surface area contributed by atoms with Crippen LogP contribution in [0.25, 0.3) is 11.2 Å². The number of hydrogen-bond acceptors (Lipinski definition) is 3. The van der Waals surface area contributed by atoms with Crippen molar-refractivity contribution in [3.8, 4) is 0 Å². The Bertz CT molecular complexity index is 588. The summed E-state index contributed by atoms with van der Waals surface area (Å²) in [5.41, 5.74) is -1.65. The molecule has 2 rings (SSSR count). The predicted octanol–water partition coefficient (Wildman–Crippen LogP) is -2.15. The Balaban J connectivity index is 0.000000845. The van der Waals surface area contributed by atoms with Gasteiger partial charge >= 0.3 is 49.1 Å². The Hall–Kier alpha value is -0.790. The molecule has 2 aromatic heterocycles. The minimum atomic E-state index is -0.650. The van der Waals surface area contributed by atoms with E-state index in [1.54, 1.807) is 0 Å². The first kappa shape index (κ1) is 10.3. The number of imidazole rings is 1. The maximum Gasteiger partial charge on any atom is 2.00 e. The van der Waals surface area contributed by atoms with Crippen molar-refractivity contribution >= 4 is 48.9 Å². The first-order valence-corrected chi connectivity index (χ1v) is 3.11. The summed E-state index contributed by atoms with van der Waals surface area (Å²) in [6.45, 7) is 0. The molecule has 0 amide bonds. The summed E-state index contributed by atoms with van der Waals surface area (Å²) in [7, 11) is 0. The van der Waals surface area contributed by atoms with Crippen LogP contribution in [-0.4, -0.2) is 57.7 Å². The second-order valence-corrected chi connectivity index (χ2v) is 2.24. The number of aromatic amines is 4. The molecule has 0 aliphatic heterocycles. The molecular weight excluding hydrogens is 204 g/mol. The van der Waals surface area contributed by atoms with Crippen molar-refractivity contribution in [2.24, 2.45) is 0 Å². The first-order valence-electron chi connectivity index (χ1n) is 3.11. The molecule has 0 saturated carbocycles. The fourth-order valence-corrected chi connectivity index (χ4v) is 0.958. The Labute approximate surface area is 99.6 Å². The van der Waals surface area contributed by atoms with Crippen LogP contribution in [0.4, 0.5) is 0 Å². The van der Waals surface area contributed by atoms with Crippen molar-refractivity contribution in [3.05, 3.63) is 31.3 Å². The van der Waals surface area contributed by atoms with Gasteiger partial charge in [0.1, 0.15) is 11.2 Å². The van der Waals surface area contributed by atoms with Gasteiger partial charge < -0.3 is 0 Å². The summed E-state index contributed by atoms with van der Waals surface area (Å²) in [6.07, 6.45) is 0. The zero-order valence-corrected chi connectivity index (χ0v) is 8.64. The fourth-order valence-electron chi connectivity index (χ4n) is 0.958. The van der Waals surface area contributed by atoms with Gasteiger partial charge in [-0.15, -0.1) is 0 Å². The van der Waals surface area contributed by atoms with E-state index >= 15 is 0 Å². The van der Waals surface area contributed by atoms with E-state index < -0.39 is 16.9 Å². The quantitative estimate of drug-likeness (QED) is 0.370. The molecule has 2 aromatic rings. The molecular formula is C5H4CaN4O3+2. The van der Waals surface area contributed by atoms with Gasteiger partial charge in [0.25, 0.3) is 5.56 Å². The molecule has 0 saturated heterocycles. The monoisotopic (exact) mass is 208 g/mol. The number of nitrogens with one attached hydrogen (secondary N) is 4. The molecule has 0 aliphatic rings. The van der Waals surface area contributed by atoms with Crippen LogP contribution in [-0.2, 0) is 0 Å². The molecule has 0 spiro atoms. The van der Waals surface area contributed by atoms with Crippen LogP contribution in [0.3, 0.4) is 0 Å². The molecule has 8 heteroatoms. The third kappa shape index (κ3) is 1.77. The number of aromatic nitrogens is 4. The molecule has 4 N–H and O–H groups in total. The molecule has 0 unspecified atom stereocenters. The van der Waals surface area contributed by atoms with Crippen molar-refractivity contribution in [1.82, 2.24) is 19.9 Å². The standard InChI is InChI=1S/C5H4N4O3.Ca/c10-3-1-2(7-4(11)6-1)8-5(12)9-3;/h(H4,6,7,8,9,10,11,12);/q;+2. The summed E-state index contributed by atoms with van der Waals surface area (Å²) in [6, 6.07) is 0. The summed E-state index contributed by atoms with van der Waals surface area (Å²) < 4.78 is 0. The third-order valence-electron chi connectivity index (χ3n) is 1.42. The van der Waals surface area contributed by atoms with Gasteiger partial charge in [-0.25, -0.2) is 9.59 Å². The van der Waals surface area contributed by atoms with Crippen molar-refractivity contribution in [3.63, 3.8) is 0 Å². The molecule has 13 heavy (non-hydrogen) atoms. The van der Waals surface area contributed by atoms with Gasteiger partial charge in [0.2, 0.25) is 0 Å². The molecule has 0 bridgehead atoms. The Morgan fingerprint density at radius 1 is 0.769 bits per heavy atom. The van der Waals surface area contributed by atoms with Crippen LogP contribution in [0.5, 0.6) is 0 Å². The van der Waals surface area contributed by atoms with E-state index in [-0.39, 0.29) is 48.9 Å². The summed E-state index contributed by atoms with van der Waals surface area (Å²) in [5.74, 6) is 0. The Morgan fingerprint density at radius 3 is 1.92 bits per heavy atom. The summed E-state index contributed by atoms with van der Waals surface area (Å²) in [4.78, 5) is 41.0. The third-order valence-corrected chi connectivity index (χ3v) is 1.42. The van der Waals surface area contributed by atoms with Gasteiger partial charge in [0.15, 0.2) is 0 Å². The van der Waals surface area contributed by atoms with Gasteiger partial charge in [0, 0.05) is 0 Å². The Morgan fingerprint density at radius 2 is 1.31 bits per heavy atom. The van der Waals surface area contributed by atoms with E-state index in [1.807, 2.05) is 4.98 Å². The van der Waals surface area contributed by atoms with Gasteiger partial charge in [0.05, 0.1) is 0 Å². The second kappa shape index (κ2) is 3.52. The van der Waals surface area contributed by atoms with Crippen molar-refractivity contribution < 1.29 is 0 Å². The Kier molecular flexibility index (Phi) is 2.79. The number of H-pyrrole nitrogens is 4. The maximum absolute atomic E-state index is 10.9. The molecule has 7 nitrogen and oxygen atoms in total. The largest absolute Gasteiger partial charge is 2.00 e. The average Bonchev–Trinajstić information content (AvgIpc) is 2.29. The molecule has 62 valence electrons. The molecule has 2 heterocycles. The number of fused-ring (bicyclic) bond motifs is 1. The van der Waals surface area contributed by atoms with Crippen LogP contribution in [0.2, 0.25) is 0 Å². The minimum absolute atomic E-state index is 0. The van der Waals surface area contributed by atoms with Crippen LogP contribution in [0, 0.1) is 0 Å². The second-order valence-electron chi connectivity index (χ2n) is 2.24. The van der Waals surface area contributed by atoms with E-state index in [0.29, 0.717) is 0 Å². The first-order chi connectivity index (χ1) is 5.66. The topological polar surface area (TPSA) is 114 Å². The van der Waals surface area contributed by atoms with Crippen molar-refractivity contribution in [2.45, 2.75) is 0 Å². The fraction of sp³-hybridized carbons (Fsp3) is 0. The van der Waals surface area contributed by atoms with Gasteiger partial charge in [-0.3, -0.25) is 24.7 Å². The van der Waals surface area contributed by atoms with Gasteiger partial charge in [-0.05, 0) is 0 Å². The molecule has 0 radical (unpaired) electrons. The normalized spacial score (nSPS) is 9.85. The van der Waals surface area contributed by atoms with E-state index in [0.717, 1.165) is 0 Å². The molecule has 0 aliphatic carbocycles. The predicted molar refractivity (Wildman–Crippen MR) is 45.9 cm³/mol. The SMILES string of the molecule is O=c1[nH]c(=O)c2[nH]c(=O)[nH]c2[nH]1.[Ca+2]. The van der Waals surface area contributed by atoms with Crippen LogP contribution >= 0.6 is 0 Å². The maximum atomic E-state index is 10.9. The zero-order chi connectivity index (χ0) is 8.72. The average molecular weight is 208 g/mol. The van der Waals surface area contributed by atoms with Crippen molar-refractivity contribution in [2.75, 3.05) is 0 Å². The van der Waals surface area contributed by atoms with E-state index in [2.05, 4.69) is 15.0 Å². The van der Waals surface area contributed by atoms with E-state index in [4.69, 9.17) is 0 Å². The smallest absolute Gasteiger partial charge is 0.300 e. The molecule has 0 atom stereocenters. The minimum Gasteiger partial charge on any atom is -0.300 e. The zero-order valence-electron chi connectivity index (χ0n) is 6.43. The van der Waals surface area contributed by atoms with Crippen LogP contribution in [0.1, 0.15) is 0 Å².